The van der Waals surface area contributed by atoms with Crippen LogP contribution in [0.2, 0.25) is 0 Å². The minimum atomic E-state index is -0.939. The summed E-state index contributed by atoms with van der Waals surface area (Å²) < 4.78 is 5.51. The third-order valence-corrected chi connectivity index (χ3v) is 13.0. The Kier molecular flexibility index (Phi) is 44.5. The molecule has 8 aromatic heterocycles. The molecule has 0 radical (unpaired) electrons. The largest absolute Gasteiger partial charge is 0.508 e. The predicted molar refractivity (Wildman–Crippen MR) is 390 cm³/mol. The first-order chi connectivity index (χ1) is 50.8. The molecule has 546 valence electrons. The minimum absolute atomic E-state index is 0.0789. The van der Waals surface area contributed by atoms with Crippen LogP contribution in [0.15, 0.2) is 227 Å². The molecule has 0 aliphatic heterocycles. The number of carbonyl (C=O) groups is 3. The highest BCUT2D eigenvalue weighted by Crippen LogP contribution is 2.15. The Balaban J connectivity index is 0.000000254. The molecule has 0 aliphatic carbocycles. The zero-order chi connectivity index (χ0) is 74.6. The van der Waals surface area contributed by atoms with Crippen molar-refractivity contribution >= 4 is 41.6 Å². The molecule has 13 N–H and O–H groups in total. The van der Waals surface area contributed by atoms with E-state index in [-0.39, 0.29) is 38.2 Å². The third-order valence-electron chi connectivity index (χ3n) is 13.0. The number of carboxylic acids is 3. The van der Waals surface area contributed by atoms with Crippen molar-refractivity contribution < 1.29 is 54.9 Å². The van der Waals surface area contributed by atoms with Crippen LogP contribution >= 0.6 is 0 Å². The molecule has 104 heavy (non-hydrogen) atoms. The molecule has 3 aromatic carbocycles. The van der Waals surface area contributed by atoms with Crippen LogP contribution in [0.1, 0.15) is 88.3 Å². The van der Waals surface area contributed by atoms with Gasteiger partial charge in [0.2, 0.25) is 17.8 Å². The zero-order valence-electron chi connectivity index (χ0n) is 57.3. The number of aliphatic hydroxyl groups excluding tert-OH is 3. The predicted octanol–water partition coefficient (Wildman–Crippen LogP) is 8.06. The number of aromatic hydroxyl groups is 1. The summed E-state index contributed by atoms with van der Waals surface area (Å²) in [6.45, 7) is 4.58. The first kappa shape index (κ1) is 83.8. The summed E-state index contributed by atoms with van der Waals surface area (Å²) in [6, 6.07) is 37.6. The minimum Gasteiger partial charge on any atom is -0.508 e. The van der Waals surface area contributed by atoms with E-state index in [0.29, 0.717) is 74.3 Å². The van der Waals surface area contributed by atoms with Crippen molar-refractivity contribution in [3.8, 4) is 11.5 Å². The number of anilines is 4. The van der Waals surface area contributed by atoms with Gasteiger partial charge in [0.05, 0.1) is 25.0 Å². The Morgan fingerprint density at radius 3 is 1.35 bits per heavy atom. The number of ether oxygens (including phenoxy) is 1. The van der Waals surface area contributed by atoms with E-state index < -0.39 is 17.9 Å². The fourth-order valence-corrected chi connectivity index (χ4v) is 7.71. The van der Waals surface area contributed by atoms with Gasteiger partial charge in [-0.15, -0.1) is 0 Å². The van der Waals surface area contributed by atoms with Crippen LogP contribution in [-0.2, 0) is 55.0 Å². The molecular weight excluding hydrogens is 1330 g/mol. The fraction of sp³-hybridized carbons (Fsp3) is 0.260. The molecule has 11 aromatic rings. The van der Waals surface area contributed by atoms with Gasteiger partial charge in [-0.1, -0.05) is 36.4 Å². The Bertz CT molecular complexity index is 3740. The maximum atomic E-state index is 10.6. The van der Waals surface area contributed by atoms with E-state index >= 15 is 0 Å². The van der Waals surface area contributed by atoms with E-state index in [0.717, 1.165) is 85.5 Å². The lowest BCUT2D eigenvalue weighted by molar-refractivity contribution is -0.138. The molecule has 8 heterocycles. The summed E-state index contributed by atoms with van der Waals surface area (Å²) >= 11 is 0. The molecule has 0 bridgehead atoms. The van der Waals surface area contributed by atoms with Crippen LogP contribution in [-0.4, -0.2) is 168 Å². The molecule has 0 spiro atoms. The number of aliphatic hydroxyl groups is 3. The summed E-state index contributed by atoms with van der Waals surface area (Å²) in [5.74, 6) is 1.68. The Hall–Kier alpha value is -12.6. The second-order valence-electron chi connectivity index (χ2n) is 21.1. The highest BCUT2D eigenvalue weighted by atomic mass is 16.5. The van der Waals surface area contributed by atoms with Gasteiger partial charge in [-0.3, -0.25) is 14.6 Å². The molecule has 0 unspecified atom stereocenters. The molecule has 0 aliphatic rings. The van der Waals surface area contributed by atoms with Crippen LogP contribution in [0.4, 0.5) is 23.7 Å². The van der Waals surface area contributed by atoms with Crippen molar-refractivity contribution in [2.45, 2.75) is 84.0 Å². The maximum absolute atomic E-state index is 10.6. The van der Waals surface area contributed by atoms with E-state index in [9.17, 15) is 14.4 Å². The molecule has 11 rings (SSSR count). The SMILES string of the molecule is NCCCNc1ncccn1.O=C(O)CCc1ccncn1.O=C(O)CCc1ncccn1.O=C(O)c1ccc(OCc2ccncc2)cc1.OCCCNc1ccncn1.OCCCNc1ncccn1.OCc1ccc(CNc2ncccn2)cc1.Oc1ccc(CCCc2ccncn2)cc1. The van der Waals surface area contributed by atoms with E-state index in [2.05, 4.69) is 96.0 Å². The maximum Gasteiger partial charge on any atom is 0.335 e. The average molecular weight is 1420 g/mol. The number of hydrogen-bond acceptors (Lipinski definition) is 28. The number of nitrogens with two attached hydrogens (primary N) is 1. The van der Waals surface area contributed by atoms with Crippen LogP contribution in [0.25, 0.3) is 0 Å². The highest BCUT2D eigenvalue weighted by molar-refractivity contribution is 5.87. The molecule has 31 heteroatoms. The third kappa shape index (κ3) is 42.4. The van der Waals surface area contributed by atoms with Crippen LogP contribution in [0.5, 0.6) is 11.5 Å². The first-order valence-corrected chi connectivity index (χ1v) is 32.8. The molecule has 31 nitrogen and oxygen atoms in total. The van der Waals surface area contributed by atoms with Crippen molar-refractivity contribution in [2.24, 2.45) is 5.73 Å². The molecule has 0 saturated heterocycles. The number of carboxylic acid groups (broad SMARTS) is 3. The smallest absolute Gasteiger partial charge is 0.335 e. The number of aromatic carboxylic acids is 1. The molecular formula is C73H88N20O11. The number of hydrogen-bond donors (Lipinski definition) is 12. The van der Waals surface area contributed by atoms with Gasteiger partial charge in [0, 0.05) is 144 Å². The number of aliphatic carboxylic acids is 2. The van der Waals surface area contributed by atoms with Gasteiger partial charge in [0.15, 0.2) is 0 Å². The number of pyridine rings is 1. The Labute approximate surface area is 602 Å². The molecule has 0 amide bonds. The van der Waals surface area contributed by atoms with Crippen molar-refractivity contribution in [2.75, 3.05) is 60.7 Å². The van der Waals surface area contributed by atoms with Gasteiger partial charge in [0.25, 0.3) is 0 Å². The molecule has 0 atom stereocenters. The fourth-order valence-electron chi connectivity index (χ4n) is 7.71. The van der Waals surface area contributed by atoms with E-state index in [1.807, 2.05) is 54.6 Å². The number of aromatic nitrogens is 15. The standard InChI is InChI=1S/C13H14N2O.C13H11NO3.C12H13N3O.C7H12N4.2C7H11N3O.2C7H8N2O2/c16-13-6-4-11(5-7-13)2-1-3-12-8-9-14-10-15-12;15-13(16)11-1-3-12(4-2-11)17-9-10-5-7-14-8-6-10;16-9-11-4-2-10(3-5-11)8-15-12-13-6-1-7-14-12;8-3-1-4-9-7-10-5-2-6-11-7;11-5-1-3-9-7-2-4-8-6-10-7;11-6-2-5-10-7-8-3-1-4-9-7;10-7(11)3-2-6-8-4-1-5-9-6;10-7(11)2-1-6-3-4-8-5-9-6/h4-10,16H,1-3H2;1-8H,9H2,(H,15,16);1-7,16H,8-9H2,(H,13,14,15);2,5-6H,1,3-4,8H2,(H,9,10,11);2,4,6,11H,1,3,5H2,(H,8,9,10);1,3-4,11H,2,5-6H2,(H,8,9,10);1,4-5H,2-3H2,(H,10,11);3-5H,1-2H2,(H,10,11). The number of phenolic OH excluding ortho intramolecular Hbond substituents is 1. The van der Waals surface area contributed by atoms with Crippen LogP contribution in [0.3, 0.4) is 0 Å². The number of benzene rings is 3. The van der Waals surface area contributed by atoms with Crippen LogP contribution in [0, 0.1) is 0 Å². The second-order valence-corrected chi connectivity index (χ2v) is 21.1. The van der Waals surface area contributed by atoms with Gasteiger partial charge in [0.1, 0.15) is 48.7 Å². The van der Waals surface area contributed by atoms with Gasteiger partial charge in [-0.25, -0.2) is 74.6 Å². The van der Waals surface area contributed by atoms with Crippen molar-refractivity contribution in [3.63, 3.8) is 0 Å². The average Bonchev–Trinajstić information content (AvgIpc) is 1.42. The topological polar surface area (TPSA) is 470 Å². The molecule has 0 fully saturated rings. The lowest BCUT2D eigenvalue weighted by Crippen LogP contribution is -2.09. The first-order valence-electron chi connectivity index (χ1n) is 32.8. The van der Waals surface area contributed by atoms with E-state index in [1.54, 1.807) is 148 Å². The van der Waals surface area contributed by atoms with Crippen molar-refractivity contribution in [1.82, 2.24) is 74.8 Å². The number of nitrogens with zero attached hydrogens (tertiary/aromatic N) is 15. The van der Waals surface area contributed by atoms with Crippen molar-refractivity contribution in [3.05, 3.63) is 272 Å². The zero-order valence-corrected chi connectivity index (χ0v) is 57.3. The number of rotatable bonds is 30. The Morgan fingerprint density at radius 1 is 0.404 bits per heavy atom. The van der Waals surface area contributed by atoms with Crippen molar-refractivity contribution in [1.29, 1.82) is 0 Å². The van der Waals surface area contributed by atoms with Gasteiger partial charge in [-0.2, -0.15) is 0 Å². The second kappa shape index (κ2) is 55.2. The normalized spacial score (nSPS) is 9.77. The number of nitrogens with one attached hydrogen (secondary N) is 4. The van der Waals surface area contributed by atoms with Gasteiger partial charge >= 0.3 is 17.9 Å². The van der Waals surface area contributed by atoms with E-state index in [4.69, 9.17) is 46.2 Å². The lowest BCUT2D eigenvalue weighted by atomic mass is 10.1. The highest BCUT2D eigenvalue weighted by Gasteiger charge is 2.05. The van der Waals surface area contributed by atoms with E-state index in [1.165, 1.54) is 30.4 Å². The molecule has 0 saturated carbocycles. The Morgan fingerprint density at radius 2 is 0.865 bits per heavy atom. The quantitative estimate of drug-likeness (QED) is 0.0189. The monoisotopic (exact) mass is 1420 g/mol. The summed E-state index contributed by atoms with van der Waals surface area (Å²) in [4.78, 5) is 89.9. The number of aryl methyl sites for hydroxylation is 4. The lowest BCUT2D eigenvalue weighted by Gasteiger charge is -2.05. The van der Waals surface area contributed by atoms with Gasteiger partial charge < -0.3 is 67.5 Å². The van der Waals surface area contributed by atoms with Gasteiger partial charge in [-0.05, 0) is 158 Å². The summed E-state index contributed by atoms with van der Waals surface area (Å²) in [5, 5.41) is 72.5. The van der Waals surface area contributed by atoms with Crippen LogP contribution < -0.4 is 31.7 Å². The summed E-state index contributed by atoms with van der Waals surface area (Å²) in [5.41, 5.74) is 11.7. The summed E-state index contributed by atoms with van der Waals surface area (Å²) in [7, 11) is 0. The summed E-state index contributed by atoms with van der Waals surface area (Å²) in [6.07, 6.45) is 32.8. The number of phenols is 1.